The zero-order chi connectivity index (χ0) is 15.9. The van der Waals surface area contributed by atoms with E-state index >= 15 is 0 Å². The Morgan fingerprint density at radius 2 is 1.00 bits per heavy atom. The lowest BCUT2D eigenvalue weighted by atomic mass is 9.51. The maximum Gasteiger partial charge on any atom is 0.409 e. The Bertz CT molecular complexity index is 352. The number of hydrogen-bond donors (Lipinski definition) is 0. The average molecular weight is 286 g/mol. The van der Waals surface area contributed by atoms with E-state index in [4.69, 9.17) is 9.47 Å². The van der Waals surface area contributed by atoms with Crippen molar-refractivity contribution in [3.8, 4) is 0 Å². The lowest BCUT2D eigenvalue weighted by Gasteiger charge is -2.61. The van der Waals surface area contributed by atoms with Gasteiger partial charge in [-0.1, -0.05) is 27.7 Å². The molecule has 116 valence electrons. The number of amides is 2. The van der Waals surface area contributed by atoms with E-state index in [9.17, 15) is 9.59 Å². The van der Waals surface area contributed by atoms with E-state index < -0.39 is 10.8 Å². The van der Waals surface area contributed by atoms with Gasteiger partial charge in [0.15, 0.2) is 0 Å². The summed E-state index contributed by atoms with van der Waals surface area (Å²) in [6, 6.07) is 0. The van der Waals surface area contributed by atoms with E-state index in [2.05, 4.69) is 0 Å². The maximum absolute atomic E-state index is 11.7. The molecule has 1 fully saturated rings. The molecule has 0 aromatic rings. The highest BCUT2D eigenvalue weighted by molar-refractivity contribution is 5.68. The molecule has 0 spiro atoms. The Morgan fingerprint density at radius 1 is 0.750 bits per heavy atom. The molecule has 0 aromatic heterocycles. The summed E-state index contributed by atoms with van der Waals surface area (Å²) in [6.45, 7) is 7.78. The van der Waals surface area contributed by atoms with Crippen LogP contribution in [0.1, 0.15) is 27.7 Å². The monoisotopic (exact) mass is 286 g/mol. The molecular formula is C14H26N2O4. The van der Waals surface area contributed by atoms with Crippen molar-refractivity contribution >= 4 is 12.2 Å². The normalized spacial score (nSPS) is 26.2. The first-order chi connectivity index (χ1) is 8.92. The van der Waals surface area contributed by atoms with Gasteiger partial charge in [-0.05, 0) is 0 Å². The topological polar surface area (TPSA) is 59.1 Å². The van der Waals surface area contributed by atoms with Gasteiger partial charge in [0.25, 0.3) is 0 Å². The highest BCUT2D eigenvalue weighted by Crippen LogP contribution is 2.57. The van der Waals surface area contributed by atoms with Gasteiger partial charge >= 0.3 is 12.2 Å². The summed E-state index contributed by atoms with van der Waals surface area (Å²) in [6.07, 6.45) is -1.36. The van der Waals surface area contributed by atoms with Crippen molar-refractivity contribution < 1.29 is 19.1 Å². The first-order valence-corrected chi connectivity index (χ1v) is 6.68. The molecule has 0 bridgehead atoms. The Kier molecular flexibility index (Phi) is 4.27. The molecule has 1 saturated carbocycles. The predicted molar refractivity (Wildman–Crippen MR) is 75.5 cm³/mol. The average Bonchev–Trinajstić information content (AvgIpc) is 2.30. The summed E-state index contributed by atoms with van der Waals surface area (Å²) in [4.78, 5) is 26.3. The quantitative estimate of drug-likeness (QED) is 0.780. The van der Waals surface area contributed by atoms with Crippen LogP contribution in [-0.4, -0.2) is 62.4 Å². The molecule has 1 rings (SSSR count). The highest BCUT2D eigenvalue weighted by Gasteiger charge is 2.66. The summed E-state index contributed by atoms with van der Waals surface area (Å²) in [5.74, 6) is 0. The molecule has 1 aliphatic carbocycles. The molecule has 2 amide bonds. The van der Waals surface area contributed by atoms with E-state index in [1.807, 2.05) is 27.7 Å². The molecule has 0 N–H and O–H groups in total. The van der Waals surface area contributed by atoms with Crippen molar-refractivity contribution in [2.75, 3.05) is 28.2 Å². The zero-order valence-corrected chi connectivity index (χ0v) is 13.7. The fraction of sp³-hybridized carbons (Fsp3) is 0.857. The molecule has 6 nitrogen and oxygen atoms in total. The van der Waals surface area contributed by atoms with E-state index in [-0.39, 0.29) is 24.4 Å². The predicted octanol–water partition coefficient (Wildman–Crippen LogP) is 2.19. The number of nitrogens with zero attached hydrogens (tertiary/aromatic N) is 2. The van der Waals surface area contributed by atoms with Crippen LogP contribution in [0.4, 0.5) is 9.59 Å². The first kappa shape index (κ1) is 16.6. The second-order valence-electron chi connectivity index (χ2n) is 6.96. The van der Waals surface area contributed by atoms with Gasteiger partial charge in [0, 0.05) is 39.0 Å². The third kappa shape index (κ3) is 2.69. The van der Waals surface area contributed by atoms with E-state index in [1.165, 1.54) is 9.80 Å². The van der Waals surface area contributed by atoms with Crippen molar-refractivity contribution in [1.29, 1.82) is 0 Å². The van der Waals surface area contributed by atoms with Crippen LogP contribution in [0.3, 0.4) is 0 Å². The minimum absolute atomic E-state index is 0.301. The molecular weight excluding hydrogens is 260 g/mol. The third-order valence-corrected chi connectivity index (χ3v) is 3.87. The number of carbonyl (C=O) groups is 2. The number of hydrogen-bond acceptors (Lipinski definition) is 4. The van der Waals surface area contributed by atoms with Crippen LogP contribution in [0.2, 0.25) is 0 Å². The summed E-state index contributed by atoms with van der Waals surface area (Å²) >= 11 is 0. The van der Waals surface area contributed by atoms with Crippen molar-refractivity contribution in [2.45, 2.75) is 39.9 Å². The van der Waals surface area contributed by atoms with Gasteiger partial charge < -0.3 is 19.3 Å². The first-order valence-electron chi connectivity index (χ1n) is 6.68. The van der Waals surface area contributed by atoms with E-state index in [1.54, 1.807) is 28.2 Å². The van der Waals surface area contributed by atoms with E-state index in [0.29, 0.717) is 0 Å². The minimum atomic E-state index is -0.416. The van der Waals surface area contributed by atoms with Gasteiger partial charge in [-0.2, -0.15) is 0 Å². The van der Waals surface area contributed by atoms with Gasteiger partial charge in [-0.25, -0.2) is 9.59 Å². The lowest BCUT2D eigenvalue weighted by molar-refractivity contribution is -0.248. The second-order valence-corrected chi connectivity index (χ2v) is 6.96. The molecule has 0 heterocycles. The fourth-order valence-corrected chi connectivity index (χ4v) is 3.12. The fourth-order valence-electron chi connectivity index (χ4n) is 3.12. The summed E-state index contributed by atoms with van der Waals surface area (Å²) < 4.78 is 11.1. The second kappa shape index (κ2) is 5.14. The smallest absolute Gasteiger partial charge is 0.409 e. The highest BCUT2D eigenvalue weighted by atomic mass is 16.6. The number of rotatable bonds is 2. The van der Waals surface area contributed by atoms with Gasteiger partial charge in [0.2, 0.25) is 0 Å². The van der Waals surface area contributed by atoms with Crippen LogP contribution in [0.25, 0.3) is 0 Å². The Labute approximate surface area is 121 Å². The van der Waals surface area contributed by atoms with Gasteiger partial charge in [-0.3, -0.25) is 0 Å². The molecule has 0 unspecified atom stereocenters. The molecule has 0 atom stereocenters. The summed E-state index contributed by atoms with van der Waals surface area (Å²) in [7, 11) is 6.57. The third-order valence-electron chi connectivity index (χ3n) is 3.87. The van der Waals surface area contributed by atoms with Crippen LogP contribution in [0.5, 0.6) is 0 Å². The van der Waals surface area contributed by atoms with Crippen LogP contribution in [0.15, 0.2) is 0 Å². The van der Waals surface area contributed by atoms with Crippen molar-refractivity contribution in [1.82, 2.24) is 9.80 Å². The van der Waals surface area contributed by atoms with Crippen LogP contribution in [-0.2, 0) is 9.47 Å². The molecule has 0 saturated heterocycles. The molecule has 20 heavy (non-hydrogen) atoms. The Hall–Kier alpha value is -1.46. The number of ether oxygens (including phenoxy) is 2. The SMILES string of the molecule is CN(C)C(=O)OC1C(C)(C)C(OC(=O)N(C)C)C1(C)C. The largest absolute Gasteiger partial charge is 0.445 e. The minimum Gasteiger partial charge on any atom is -0.445 e. The summed E-state index contributed by atoms with van der Waals surface area (Å²) in [5.41, 5.74) is -0.832. The molecule has 0 radical (unpaired) electrons. The van der Waals surface area contributed by atoms with Crippen molar-refractivity contribution in [3.05, 3.63) is 0 Å². The number of carbonyl (C=O) groups excluding carboxylic acids is 2. The van der Waals surface area contributed by atoms with E-state index in [0.717, 1.165) is 0 Å². The molecule has 0 aliphatic heterocycles. The molecule has 0 aromatic carbocycles. The molecule has 1 aliphatic rings. The van der Waals surface area contributed by atoms with Crippen LogP contribution in [0, 0.1) is 10.8 Å². The van der Waals surface area contributed by atoms with Gasteiger partial charge in [0.1, 0.15) is 12.2 Å². The van der Waals surface area contributed by atoms with Crippen LogP contribution < -0.4 is 0 Å². The van der Waals surface area contributed by atoms with Crippen LogP contribution >= 0.6 is 0 Å². The van der Waals surface area contributed by atoms with Gasteiger partial charge in [-0.15, -0.1) is 0 Å². The van der Waals surface area contributed by atoms with Gasteiger partial charge in [0.05, 0.1) is 0 Å². The Morgan fingerprint density at radius 3 is 1.20 bits per heavy atom. The summed E-state index contributed by atoms with van der Waals surface area (Å²) in [5, 5.41) is 0. The van der Waals surface area contributed by atoms with Crippen molar-refractivity contribution in [2.24, 2.45) is 10.8 Å². The molecule has 6 heteroatoms. The van der Waals surface area contributed by atoms with Crippen molar-refractivity contribution in [3.63, 3.8) is 0 Å². The Balaban J connectivity index is 2.84. The lowest BCUT2D eigenvalue weighted by Crippen LogP contribution is -2.70. The zero-order valence-electron chi connectivity index (χ0n) is 13.7. The standard InChI is InChI=1S/C14H26N2O4/c1-13(2)9(19-11(17)15(5)6)14(3,4)10(13)20-12(18)16(7)8/h9-10H,1-8H3. The maximum atomic E-state index is 11.7.